The third-order valence-electron chi connectivity index (χ3n) is 2.91. The third-order valence-corrected chi connectivity index (χ3v) is 2.91. The van der Waals surface area contributed by atoms with E-state index in [2.05, 4.69) is 15.1 Å². The van der Waals surface area contributed by atoms with E-state index < -0.39 is 0 Å². The number of aromatic nitrogens is 3. The zero-order valence-corrected chi connectivity index (χ0v) is 10.1. The Hall–Kier alpha value is -2.44. The van der Waals surface area contributed by atoms with Gasteiger partial charge in [0.2, 0.25) is 11.6 Å². The van der Waals surface area contributed by atoms with Gasteiger partial charge in [-0.2, -0.15) is 0 Å². The lowest BCUT2D eigenvalue weighted by Crippen LogP contribution is -2.30. The van der Waals surface area contributed by atoms with Crippen molar-refractivity contribution in [2.24, 2.45) is 0 Å². The summed E-state index contributed by atoms with van der Waals surface area (Å²) in [5.74, 6) is 0.560. The van der Waals surface area contributed by atoms with Crippen molar-refractivity contribution in [1.29, 1.82) is 0 Å². The van der Waals surface area contributed by atoms with Gasteiger partial charge in [0.1, 0.15) is 6.10 Å². The molecule has 0 spiro atoms. The molecule has 1 aliphatic heterocycles. The summed E-state index contributed by atoms with van der Waals surface area (Å²) in [6.07, 6.45) is 6.86. The summed E-state index contributed by atoms with van der Waals surface area (Å²) in [4.78, 5) is 21.7. The van der Waals surface area contributed by atoms with Crippen molar-refractivity contribution < 1.29 is 14.1 Å². The fraction of sp³-hybridized carbons (Fsp3) is 0.333. The average molecular weight is 260 g/mol. The molecule has 0 aliphatic carbocycles. The molecule has 0 N–H and O–H groups in total. The molecular weight excluding hydrogens is 248 g/mol. The van der Waals surface area contributed by atoms with E-state index in [1.165, 1.54) is 6.20 Å². The Morgan fingerprint density at radius 3 is 3.11 bits per heavy atom. The minimum Gasteiger partial charge on any atom is -0.471 e. The van der Waals surface area contributed by atoms with Crippen molar-refractivity contribution in [2.75, 3.05) is 13.1 Å². The van der Waals surface area contributed by atoms with Gasteiger partial charge < -0.3 is 14.2 Å². The van der Waals surface area contributed by atoms with Crippen molar-refractivity contribution in [3.63, 3.8) is 0 Å². The molecule has 7 nitrogen and oxygen atoms in total. The zero-order valence-electron chi connectivity index (χ0n) is 10.1. The molecule has 2 aromatic heterocycles. The predicted molar refractivity (Wildman–Crippen MR) is 63.5 cm³/mol. The number of ether oxygens (including phenoxy) is 1. The summed E-state index contributed by atoms with van der Waals surface area (Å²) < 4.78 is 10.5. The Bertz CT molecular complexity index is 543. The highest BCUT2D eigenvalue weighted by molar-refractivity contribution is 5.91. The lowest BCUT2D eigenvalue weighted by atomic mass is 10.3. The Balaban J connectivity index is 1.60. The van der Waals surface area contributed by atoms with Crippen LogP contribution >= 0.6 is 0 Å². The van der Waals surface area contributed by atoms with Gasteiger partial charge in [-0.05, 0) is 0 Å². The molecule has 0 aromatic carbocycles. The number of hydrogen-bond donors (Lipinski definition) is 0. The second kappa shape index (κ2) is 5.05. The van der Waals surface area contributed by atoms with Crippen molar-refractivity contribution >= 4 is 5.91 Å². The number of carbonyl (C=O) groups is 1. The fourth-order valence-electron chi connectivity index (χ4n) is 2.01. The van der Waals surface area contributed by atoms with Crippen LogP contribution < -0.4 is 4.74 Å². The molecule has 3 rings (SSSR count). The monoisotopic (exact) mass is 260 g/mol. The SMILES string of the molecule is O=C(c1ccno1)N1CC[C@@H](Oc2cnccn2)C1. The summed E-state index contributed by atoms with van der Waals surface area (Å²) in [6.45, 7) is 1.14. The number of likely N-dealkylation sites (tertiary alicyclic amines) is 1. The average Bonchev–Trinajstić information content (AvgIpc) is 3.10. The van der Waals surface area contributed by atoms with Crippen LogP contribution in [0.25, 0.3) is 0 Å². The summed E-state index contributed by atoms with van der Waals surface area (Å²) in [7, 11) is 0. The molecule has 3 heterocycles. The van der Waals surface area contributed by atoms with Crippen LogP contribution in [-0.4, -0.2) is 45.1 Å². The van der Waals surface area contributed by atoms with E-state index in [1.807, 2.05) is 0 Å². The van der Waals surface area contributed by atoms with Gasteiger partial charge >= 0.3 is 0 Å². The molecule has 1 aliphatic rings. The highest BCUT2D eigenvalue weighted by Gasteiger charge is 2.30. The van der Waals surface area contributed by atoms with Crippen LogP contribution in [0.3, 0.4) is 0 Å². The number of nitrogens with zero attached hydrogens (tertiary/aromatic N) is 4. The first kappa shape index (κ1) is 11.6. The lowest BCUT2D eigenvalue weighted by molar-refractivity contribution is 0.0730. The smallest absolute Gasteiger partial charge is 0.292 e. The molecule has 98 valence electrons. The van der Waals surface area contributed by atoms with Gasteiger partial charge in [0.15, 0.2) is 0 Å². The van der Waals surface area contributed by atoms with Crippen LogP contribution in [0.1, 0.15) is 17.0 Å². The second-order valence-electron chi connectivity index (χ2n) is 4.20. The van der Waals surface area contributed by atoms with Crippen molar-refractivity contribution in [3.05, 3.63) is 36.6 Å². The van der Waals surface area contributed by atoms with Gasteiger partial charge in [0, 0.05) is 31.4 Å². The maximum Gasteiger partial charge on any atom is 0.292 e. The quantitative estimate of drug-likeness (QED) is 0.810. The summed E-state index contributed by atoms with van der Waals surface area (Å²) in [6, 6.07) is 1.55. The van der Waals surface area contributed by atoms with E-state index in [0.717, 1.165) is 6.42 Å². The number of amides is 1. The van der Waals surface area contributed by atoms with E-state index in [-0.39, 0.29) is 17.8 Å². The molecule has 2 aromatic rings. The topological polar surface area (TPSA) is 81.4 Å². The first-order valence-electron chi connectivity index (χ1n) is 5.95. The standard InChI is InChI=1S/C12H12N4O3/c17-12(10-1-3-15-19-10)16-6-2-9(8-16)18-11-7-13-4-5-14-11/h1,3-5,7,9H,2,6,8H2/t9-/m1/s1. The summed E-state index contributed by atoms with van der Waals surface area (Å²) in [5.41, 5.74) is 0. The largest absolute Gasteiger partial charge is 0.471 e. The number of carbonyl (C=O) groups excluding carboxylic acids is 1. The summed E-state index contributed by atoms with van der Waals surface area (Å²) in [5, 5.41) is 3.53. The van der Waals surface area contributed by atoms with Crippen LogP contribution in [0.15, 0.2) is 35.4 Å². The summed E-state index contributed by atoms with van der Waals surface area (Å²) >= 11 is 0. The van der Waals surface area contributed by atoms with E-state index in [4.69, 9.17) is 9.26 Å². The molecular formula is C12H12N4O3. The van der Waals surface area contributed by atoms with Crippen LogP contribution in [0, 0.1) is 0 Å². The lowest BCUT2D eigenvalue weighted by Gasteiger charge is -2.15. The molecule has 0 radical (unpaired) electrons. The highest BCUT2D eigenvalue weighted by atomic mass is 16.5. The van der Waals surface area contributed by atoms with E-state index in [1.54, 1.807) is 29.6 Å². The Kier molecular flexibility index (Phi) is 3.09. The molecule has 0 saturated carbocycles. The molecule has 1 saturated heterocycles. The predicted octanol–water partition coefficient (Wildman–Crippen LogP) is 0.758. The zero-order chi connectivity index (χ0) is 13.1. The molecule has 0 unspecified atom stereocenters. The molecule has 19 heavy (non-hydrogen) atoms. The minimum atomic E-state index is -0.164. The van der Waals surface area contributed by atoms with E-state index in [0.29, 0.717) is 19.0 Å². The third kappa shape index (κ3) is 2.54. The number of hydrogen-bond acceptors (Lipinski definition) is 6. The highest BCUT2D eigenvalue weighted by Crippen LogP contribution is 2.17. The maximum atomic E-state index is 12.0. The molecule has 1 amide bonds. The van der Waals surface area contributed by atoms with Crippen LogP contribution in [0.4, 0.5) is 0 Å². The minimum absolute atomic E-state index is 0.0661. The Morgan fingerprint density at radius 1 is 1.42 bits per heavy atom. The first-order valence-corrected chi connectivity index (χ1v) is 5.95. The molecule has 7 heteroatoms. The Labute approximate surface area is 109 Å². The van der Waals surface area contributed by atoms with Crippen LogP contribution in [0.5, 0.6) is 5.88 Å². The van der Waals surface area contributed by atoms with Crippen LogP contribution in [0.2, 0.25) is 0 Å². The fourth-order valence-corrected chi connectivity index (χ4v) is 2.01. The second-order valence-corrected chi connectivity index (χ2v) is 4.20. The van der Waals surface area contributed by atoms with Gasteiger partial charge in [-0.25, -0.2) is 4.98 Å². The van der Waals surface area contributed by atoms with Gasteiger partial charge in [0.05, 0.1) is 18.9 Å². The molecule has 1 fully saturated rings. The number of rotatable bonds is 3. The van der Waals surface area contributed by atoms with Gasteiger partial charge in [-0.15, -0.1) is 0 Å². The first-order chi connectivity index (χ1) is 9.33. The van der Waals surface area contributed by atoms with Crippen LogP contribution in [-0.2, 0) is 0 Å². The van der Waals surface area contributed by atoms with E-state index in [9.17, 15) is 4.79 Å². The molecule has 0 bridgehead atoms. The molecule has 1 atom stereocenters. The van der Waals surface area contributed by atoms with Gasteiger partial charge in [0.25, 0.3) is 5.91 Å². The normalized spacial score (nSPS) is 18.5. The van der Waals surface area contributed by atoms with Crippen molar-refractivity contribution in [3.8, 4) is 5.88 Å². The maximum absolute atomic E-state index is 12.0. The van der Waals surface area contributed by atoms with Crippen molar-refractivity contribution in [2.45, 2.75) is 12.5 Å². The van der Waals surface area contributed by atoms with E-state index >= 15 is 0 Å². The van der Waals surface area contributed by atoms with Crippen molar-refractivity contribution in [1.82, 2.24) is 20.0 Å². The van der Waals surface area contributed by atoms with Gasteiger partial charge in [-0.1, -0.05) is 5.16 Å². The van der Waals surface area contributed by atoms with Gasteiger partial charge in [-0.3, -0.25) is 9.78 Å². The Morgan fingerprint density at radius 2 is 2.37 bits per heavy atom.